The van der Waals surface area contributed by atoms with Gasteiger partial charge >= 0.3 is 0 Å². The van der Waals surface area contributed by atoms with Gasteiger partial charge in [-0.2, -0.15) is 0 Å². The molecule has 0 radical (unpaired) electrons. The van der Waals surface area contributed by atoms with E-state index in [9.17, 15) is 9.90 Å². The number of hydrogen-bond acceptors (Lipinski definition) is 2. The van der Waals surface area contributed by atoms with E-state index < -0.39 is 0 Å². The maximum absolute atomic E-state index is 12.7. The van der Waals surface area contributed by atoms with Gasteiger partial charge in [-0.05, 0) is 43.0 Å². The fourth-order valence-electron chi connectivity index (χ4n) is 2.50. The summed E-state index contributed by atoms with van der Waals surface area (Å²) in [6.07, 6.45) is 0.789. The van der Waals surface area contributed by atoms with Crippen molar-refractivity contribution >= 4 is 5.91 Å². The van der Waals surface area contributed by atoms with Crippen LogP contribution in [-0.4, -0.2) is 35.6 Å². The fourth-order valence-corrected chi connectivity index (χ4v) is 2.50. The van der Waals surface area contributed by atoms with Gasteiger partial charge in [-0.15, -0.1) is 0 Å². The molecule has 0 aliphatic heterocycles. The maximum Gasteiger partial charge on any atom is 0.254 e. The molecule has 0 aromatic heterocycles. The second-order valence-electron chi connectivity index (χ2n) is 5.50. The lowest BCUT2D eigenvalue weighted by Crippen LogP contribution is -2.35. The number of carbonyl (C=O) groups is 1. The molecule has 0 spiro atoms. The van der Waals surface area contributed by atoms with Gasteiger partial charge in [0, 0.05) is 18.7 Å². The van der Waals surface area contributed by atoms with Crippen molar-refractivity contribution in [1.29, 1.82) is 0 Å². The van der Waals surface area contributed by atoms with Crippen LogP contribution in [0.2, 0.25) is 0 Å². The van der Waals surface area contributed by atoms with E-state index in [1.165, 1.54) is 5.56 Å². The molecule has 0 heterocycles. The number of aliphatic hydroxyl groups is 1. The van der Waals surface area contributed by atoms with Crippen molar-refractivity contribution in [2.24, 2.45) is 0 Å². The van der Waals surface area contributed by atoms with Crippen LogP contribution in [0, 0.1) is 13.8 Å². The lowest BCUT2D eigenvalue weighted by Gasteiger charge is -2.23. The Hall–Kier alpha value is -2.13. The molecule has 2 aromatic carbocycles. The lowest BCUT2D eigenvalue weighted by molar-refractivity contribution is 0.0723. The van der Waals surface area contributed by atoms with Crippen LogP contribution >= 0.6 is 0 Å². The molecule has 0 aliphatic carbocycles. The van der Waals surface area contributed by atoms with Crippen LogP contribution in [0.1, 0.15) is 27.0 Å². The number of rotatable bonds is 6. The van der Waals surface area contributed by atoms with E-state index in [1.54, 1.807) is 4.90 Å². The first-order chi connectivity index (χ1) is 10.6. The van der Waals surface area contributed by atoms with Crippen molar-refractivity contribution in [3.05, 3.63) is 70.8 Å². The minimum Gasteiger partial charge on any atom is -0.395 e. The smallest absolute Gasteiger partial charge is 0.254 e. The summed E-state index contributed by atoms with van der Waals surface area (Å²) in [5, 5.41) is 9.26. The van der Waals surface area contributed by atoms with Crippen molar-refractivity contribution in [1.82, 2.24) is 4.90 Å². The number of aliphatic hydroxyl groups excluding tert-OH is 1. The molecule has 1 amide bonds. The van der Waals surface area contributed by atoms with Gasteiger partial charge in [0.05, 0.1) is 6.61 Å². The molecule has 1 N–H and O–H groups in total. The maximum atomic E-state index is 12.7. The number of amides is 1. The third-order valence-corrected chi connectivity index (χ3v) is 4.01. The van der Waals surface area contributed by atoms with Crippen molar-refractivity contribution in [2.75, 3.05) is 19.7 Å². The fraction of sp³-hybridized carbons (Fsp3) is 0.316. The van der Waals surface area contributed by atoms with Crippen LogP contribution in [0.25, 0.3) is 0 Å². The highest BCUT2D eigenvalue weighted by Crippen LogP contribution is 2.15. The highest BCUT2D eigenvalue weighted by Gasteiger charge is 2.17. The van der Waals surface area contributed by atoms with Gasteiger partial charge in [-0.3, -0.25) is 4.79 Å². The monoisotopic (exact) mass is 297 g/mol. The van der Waals surface area contributed by atoms with Crippen LogP contribution in [0.3, 0.4) is 0 Å². The van der Waals surface area contributed by atoms with Gasteiger partial charge in [0.1, 0.15) is 0 Å². The topological polar surface area (TPSA) is 40.5 Å². The second-order valence-corrected chi connectivity index (χ2v) is 5.50. The van der Waals surface area contributed by atoms with E-state index in [-0.39, 0.29) is 12.5 Å². The van der Waals surface area contributed by atoms with E-state index in [1.807, 2.05) is 50.2 Å². The molecule has 116 valence electrons. The Morgan fingerprint density at radius 2 is 1.73 bits per heavy atom. The van der Waals surface area contributed by atoms with Gasteiger partial charge in [0.15, 0.2) is 0 Å². The normalized spacial score (nSPS) is 10.5. The molecule has 0 saturated heterocycles. The number of nitrogens with zero attached hydrogens (tertiary/aromatic N) is 1. The zero-order valence-electron chi connectivity index (χ0n) is 13.2. The summed E-state index contributed by atoms with van der Waals surface area (Å²) in [6.45, 7) is 4.92. The molecule has 22 heavy (non-hydrogen) atoms. The first kappa shape index (κ1) is 16.2. The quantitative estimate of drug-likeness (QED) is 0.890. The zero-order chi connectivity index (χ0) is 15.9. The summed E-state index contributed by atoms with van der Waals surface area (Å²) in [5.41, 5.74) is 4.04. The van der Waals surface area contributed by atoms with Gasteiger partial charge in [-0.25, -0.2) is 0 Å². The molecule has 3 heteroatoms. The first-order valence-corrected chi connectivity index (χ1v) is 7.63. The summed E-state index contributed by atoms with van der Waals surface area (Å²) in [6, 6.07) is 15.9. The first-order valence-electron chi connectivity index (χ1n) is 7.63. The molecule has 0 aliphatic rings. The summed E-state index contributed by atoms with van der Waals surface area (Å²) in [4.78, 5) is 14.5. The number of benzene rings is 2. The highest BCUT2D eigenvalue weighted by molar-refractivity contribution is 5.96. The van der Waals surface area contributed by atoms with E-state index >= 15 is 0 Å². The largest absolute Gasteiger partial charge is 0.395 e. The molecule has 0 bridgehead atoms. The minimum absolute atomic E-state index is 0.00817. The van der Waals surface area contributed by atoms with Crippen molar-refractivity contribution in [3.8, 4) is 0 Å². The standard InChI is InChI=1S/C19H23NO2/c1-15-7-6-10-18(16(15)2)19(22)20(13-14-21)12-11-17-8-4-3-5-9-17/h3-10,21H,11-14H2,1-2H3. The Kier molecular flexibility index (Phi) is 5.73. The minimum atomic E-state index is -0.0224. The predicted octanol–water partition coefficient (Wildman–Crippen LogP) is 2.98. The van der Waals surface area contributed by atoms with E-state index in [0.717, 1.165) is 23.1 Å². The van der Waals surface area contributed by atoms with Crippen LogP contribution in [0.5, 0.6) is 0 Å². The van der Waals surface area contributed by atoms with Crippen molar-refractivity contribution < 1.29 is 9.90 Å². The SMILES string of the molecule is Cc1cccc(C(=O)N(CCO)CCc2ccccc2)c1C. The summed E-state index contributed by atoms with van der Waals surface area (Å²) in [7, 11) is 0. The second kappa shape index (κ2) is 7.76. The Labute approximate surface area is 132 Å². The van der Waals surface area contributed by atoms with E-state index in [2.05, 4.69) is 12.1 Å². The molecule has 0 saturated carbocycles. The summed E-state index contributed by atoms with van der Waals surface area (Å²) in [5.74, 6) is -0.00817. The van der Waals surface area contributed by atoms with Gasteiger partial charge < -0.3 is 10.0 Å². The molecule has 0 fully saturated rings. The third kappa shape index (κ3) is 3.95. The van der Waals surface area contributed by atoms with Gasteiger partial charge in [0.25, 0.3) is 5.91 Å². The van der Waals surface area contributed by atoms with Crippen LogP contribution in [0.15, 0.2) is 48.5 Å². The average molecular weight is 297 g/mol. The van der Waals surface area contributed by atoms with Gasteiger partial charge in [-0.1, -0.05) is 42.5 Å². The summed E-state index contributed by atoms with van der Waals surface area (Å²) >= 11 is 0. The molecule has 0 unspecified atom stereocenters. The van der Waals surface area contributed by atoms with Crippen molar-refractivity contribution in [3.63, 3.8) is 0 Å². The molecule has 2 aromatic rings. The number of carbonyl (C=O) groups excluding carboxylic acids is 1. The lowest BCUT2D eigenvalue weighted by atomic mass is 10.0. The Balaban J connectivity index is 2.13. The Bertz CT molecular complexity index is 623. The molecular formula is C19H23NO2. The highest BCUT2D eigenvalue weighted by atomic mass is 16.3. The predicted molar refractivity (Wildman–Crippen MR) is 89.1 cm³/mol. The molecular weight excluding hydrogens is 274 g/mol. The average Bonchev–Trinajstić information content (AvgIpc) is 2.54. The number of aryl methyl sites for hydroxylation is 1. The Morgan fingerprint density at radius 1 is 1.00 bits per heavy atom. The molecule has 2 rings (SSSR count). The van der Waals surface area contributed by atoms with Crippen LogP contribution < -0.4 is 0 Å². The van der Waals surface area contributed by atoms with Gasteiger partial charge in [0.2, 0.25) is 0 Å². The number of hydrogen-bond donors (Lipinski definition) is 1. The van der Waals surface area contributed by atoms with E-state index in [4.69, 9.17) is 0 Å². The summed E-state index contributed by atoms with van der Waals surface area (Å²) < 4.78 is 0. The van der Waals surface area contributed by atoms with Crippen molar-refractivity contribution in [2.45, 2.75) is 20.3 Å². The third-order valence-electron chi connectivity index (χ3n) is 4.01. The van der Waals surface area contributed by atoms with E-state index in [0.29, 0.717) is 13.1 Å². The molecule has 3 nitrogen and oxygen atoms in total. The Morgan fingerprint density at radius 3 is 2.41 bits per heavy atom. The van der Waals surface area contributed by atoms with Crippen LogP contribution in [-0.2, 0) is 6.42 Å². The zero-order valence-corrected chi connectivity index (χ0v) is 13.2. The molecule has 0 atom stereocenters. The van der Waals surface area contributed by atoms with Crippen LogP contribution in [0.4, 0.5) is 0 Å².